The molecule has 0 aliphatic carbocycles. The number of amides is 1. The fourth-order valence-corrected chi connectivity index (χ4v) is 3.56. The molecule has 1 aliphatic heterocycles. The van der Waals surface area contributed by atoms with E-state index in [9.17, 15) is 4.79 Å². The van der Waals surface area contributed by atoms with Gasteiger partial charge in [0.1, 0.15) is 6.61 Å². The quantitative estimate of drug-likeness (QED) is 0.881. The third-order valence-corrected chi connectivity index (χ3v) is 4.84. The summed E-state index contributed by atoms with van der Waals surface area (Å²) >= 11 is 12.2. The van der Waals surface area contributed by atoms with Crippen LogP contribution in [0.25, 0.3) is 0 Å². The SMILES string of the molecule is Cc1cccc(COC(=O)N2CC(N)C(c3ccc(Cl)cc3Cl)C2)n1. The highest BCUT2D eigenvalue weighted by molar-refractivity contribution is 6.35. The van der Waals surface area contributed by atoms with Crippen LogP contribution in [0.2, 0.25) is 10.0 Å². The maximum Gasteiger partial charge on any atom is 0.410 e. The Morgan fingerprint density at radius 1 is 1.32 bits per heavy atom. The summed E-state index contributed by atoms with van der Waals surface area (Å²) in [5.74, 6) is -0.0468. The van der Waals surface area contributed by atoms with E-state index in [-0.39, 0.29) is 18.6 Å². The van der Waals surface area contributed by atoms with Gasteiger partial charge in [0.15, 0.2) is 0 Å². The van der Waals surface area contributed by atoms with Crippen molar-refractivity contribution in [3.05, 3.63) is 63.4 Å². The van der Waals surface area contributed by atoms with Gasteiger partial charge >= 0.3 is 6.09 Å². The van der Waals surface area contributed by atoms with Crippen molar-refractivity contribution < 1.29 is 9.53 Å². The van der Waals surface area contributed by atoms with Gasteiger partial charge in [-0.1, -0.05) is 35.3 Å². The van der Waals surface area contributed by atoms with Crippen LogP contribution >= 0.6 is 23.2 Å². The lowest BCUT2D eigenvalue weighted by Gasteiger charge is -2.17. The molecule has 2 unspecified atom stereocenters. The molecule has 132 valence electrons. The number of aryl methyl sites for hydroxylation is 1. The molecule has 0 radical (unpaired) electrons. The highest BCUT2D eigenvalue weighted by Crippen LogP contribution is 2.33. The summed E-state index contributed by atoms with van der Waals surface area (Å²) in [6, 6.07) is 10.7. The van der Waals surface area contributed by atoms with E-state index in [0.717, 1.165) is 11.3 Å². The highest BCUT2D eigenvalue weighted by atomic mass is 35.5. The van der Waals surface area contributed by atoms with Gasteiger partial charge < -0.3 is 15.4 Å². The number of carbonyl (C=O) groups is 1. The van der Waals surface area contributed by atoms with Crippen molar-refractivity contribution in [3.8, 4) is 0 Å². The Morgan fingerprint density at radius 3 is 2.84 bits per heavy atom. The molecule has 25 heavy (non-hydrogen) atoms. The number of halogens is 2. The molecule has 2 heterocycles. The minimum absolute atomic E-state index is 0.0468. The summed E-state index contributed by atoms with van der Waals surface area (Å²) in [6.45, 7) is 2.91. The van der Waals surface area contributed by atoms with Crippen LogP contribution in [0.4, 0.5) is 4.79 Å². The molecular formula is C18H19Cl2N3O2. The highest BCUT2D eigenvalue weighted by Gasteiger charge is 2.35. The minimum atomic E-state index is -0.397. The van der Waals surface area contributed by atoms with Crippen LogP contribution in [-0.2, 0) is 11.3 Å². The maximum atomic E-state index is 12.3. The van der Waals surface area contributed by atoms with Gasteiger partial charge in [-0.2, -0.15) is 0 Å². The number of ether oxygens (including phenoxy) is 1. The van der Waals surface area contributed by atoms with Gasteiger partial charge in [-0.3, -0.25) is 4.98 Å². The van der Waals surface area contributed by atoms with E-state index >= 15 is 0 Å². The Labute approximate surface area is 156 Å². The van der Waals surface area contributed by atoms with Gasteiger partial charge in [-0.25, -0.2) is 4.79 Å². The predicted octanol–water partition coefficient (Wildman–Crippen LogP) is 3.76. The Morgan fingerprint density at radius 2 is 2.12 bits per heavy atom. The van der Waals surface area contributed by atoms with Gasteiger partial charge in [0.2, 0.25) is 0 Å². The lowest BCUT2D eigenvalue weighted by Crippen LogP contribution is -2.32. The minimum Gasteiger partial charge on any atom is -0.443 e. The second kappa shape index (κ2) is 7.60. The number of benzene rings is 1. The molecule has 5 nitrogen and oxygen atoms in total. The zero-order valence-electron chi connectivity index (χ0n) is 13.8. The first-order chi connectivity index (χ1) is 11.9. The molecule has 2 N–H and O–H groups in total. The average Bonchev–Trinajstić information content (AvgIpc) is 2.94. The Hall–Kier alpha value is -1.82. The number of nitrogens with two attached hydrogens (primary N) is 1. The Kier molecular flexibility index (Phi) is 5.47. The topological polar surface area (TPSA) is 68.5 Å². The molecule has 1 fully saturated rings. The lowest BCUT2D eigenvalue weighted by atomic mass is 9.95. The fourth-order valence-electron chi connectivity index (χ4n) is 3.02. The normalized spacial score (nSPS) is 19.9. The van der Waals surface area contributed by atoms with Crippen LogP contribution in [-0.4, -0.2) is 35.1 Å². The standard InChI is InChI=1S/C18H19Cl2N3O2/c1-11-3-2-4-13(22-11)10-25-18(24)23-8-15(17(21)9-23)14-6-5-12(19)7-16(14)20/h2-7,15,17H,8-10,21H2,1H3. The zero-order chi connectivity index (χ0) is 18.0. The molecule has 7 heteroatoms. The first-order valence-corrected chi connectivity index (χ1v) is 8.74. The van der Waals surface area contributed by atoms with E-state index in [0.29, 0.717) is 28.8 Å². The van der Waals surface area contributed by atoms with Crippen LogP contribution < -0.4 is 5.73 Å². The lowest BCUT2D eigenvalue weighted by molar-refractivity contribution is 0.102. The Balaban J connectivity index is 1.63. The second-order valence-electron chi connectivity index (χ2n) is 6.17. The van der Waals surface area contributed by atoms with Crippen LogP contribution in [0.3, 0.4) is 0 Å². The van der Waals surface area contributed by atoms with Crippen molar-refractivity contribution in [2.24, 2.45) is 5.73 Å². The van der Waals surface area contributed by atoms with E-state index in [1.54, 1.807) is 17.0 Å². The number of aromatic nitrogens is 1. The Bertz CT molecular complexity index is 785. The van der Waals surface area contributed by atoms with Crippen LogP contribution in [0.15, 0.2) is 36.4 Å². The number of nitrogens with zero attached hydrogens (tertiary/aromatic N) is 2. The van der Waals surface area contributed by atoms with Gasteiger partial charge in [0, 0.05) is 40.8 Å². The molecule has 1 aliphatic rings. The number of pyridine rings is 1. The molecule has 1 amide bonds. The summed E-state index contributed by atoms with van der Waals surface area (Å²) in [7, 11) is 0. The molecule has 2 atom stereocenters. The van der Waals surface area contributed by atoms with Crippen molar-refractivity contribution >= 4 is 29.3 Å². The first kappa shape index (κ1) is 18.0. The van der Waals surface area contributed by atoms with Gasteiger partial charge in [-0.05, 0) is 36.8 Å². The third kappa shape index (κ3) is 4.24. The van der Waals surface area contributed by atoms with Crippen molar-refractivity contribution in [3.63, 3.8) is 0 Å². The van der Waals surface area contributed by atoms with Crippen molar-refractivity contribution in [1.82, 2.24) is 9.88 Å². The largest absolute Gasteiger partial charge is 0.443 e. The van der Waals surface area contributed by atoms with Crippen LogP contribution in [0, 0.1) is 6.92 Å². The summed E-state index contributed by atoms with van der Waals surface area (Å²) in [4.78, 5) is 18.3. The molecule has 0 saturated carbocycles. The molecule has 1 saturated heterocycles. The van der Waals surface area contributed by atoms with Crippen molar-refractivity contribution in [1.29, 1.82) is 0 Å². The van der Waals surface area contributed by atoms with Gasteiger partial charge in [-0.15, -0.1) is 0 Å². The van der Waals surface area contributed by atoms with Crippen molar-refractivity contribution in [2.75, 3.05) is 13.1 Å². The van der Waals surface area contributed by atoms with E-state index in [1.807, 2.05) is 31.2 Å². The fraction of sp³-hybridized carbons (Fsp3) is 0.333. The molecule has 3 rings (SSSR count). The predicted molar refractivity (Wildman–Crippen MR) is 97.9 cm³/mol. The zero-order valence-corrected chi connectivity index (χ0v) is 15.3. The number of carbonyl (C=O) groups excluding carboxylic acids is 1. The second-order valence-corrected chi connectivity index (χ2v) is 7.01. The molecular weight excluding hydrogens is 361 g/mol. The molecule has 1 aromatic carbocycles. The molecule has 0 bridgehead atoms. The molecule has 1 aromatic heterocycles. The summed E-state index contributed by atoms with van der Waals surface area (Å²) in [5.41, 5.74) is 8.72. The van der Waals surface area contributed by atoms with E-state index in [4.69, 9.17) is 33.7 Å². The average molecular weight is 380 g/mol. The number of hydrogen-bond donors (Lipinski definition) is 1. The molecule has 2 aromatic rings. The number of rotatable bonds is 3. The summed E-state index contributed by atoms with van der Waals surface area (Å²) < 4.78 is 5.36. The summed E-state index contributed by atoms with van der Waals surface area (Å²) in [6.07, 6.45) is -0.397. The smallest absolute Gasteiger partial charge is 0.410 e. The number of hydrogen-bond acceptors (Lipinski definition) is 4. The number of likely N-dealkylation sites (tertiary alicyclic amines) is 1. The monoisotopic (exact) mass is 379 g/mol. The maximum absolute atomic E-state index is 12.3. The van der Waals surface area contributed by atoms with E-state index < -0.39 is 6.09 Å². The van der Waals surface area contributed by atoms with Gasteiger partial charge in [0.25, 0.3) is 0 Å². The first-order valence-electron chi connectivity index (χ1n) is 7.99. The molecule has 0 spiro atoms. The van der Waals surface area contributed by atoms with E-state index in [1.165, 1.54) is 0 Å². The van der Waals surface area contributed by atoms with E-state index in [2.05, 4.69) is 4.98 Å². The van der Waals surface area contributed by atoms with Crippen LogP contribution in [0.5, 0.6) is 0 Å². The summed E-state index contributed by atoms with van der Waals surface area (Å²) in [5, 5.41) is 1.13. The van der Waals surface area contributed by atoms with Crippen molar-refractivity contribution in [2.45, 2.75) is 25.5 Å². The third-order valence-electron chi connectivity index (χ3n) is 4.27. The van der Waals surface area contributed by atoms with Gasteiger partial charge in [0.05, 0.1) is 5.69 Å². The van der Waals surface area contributed by atoms with Crippen LogP contribution in [0.1, 0.15) is 22.9 Å².